The van der Waals surface area contributed by atoms with Gasteiger partial charge in [-0.2, -0.15) is 0 Å². The van der Waals surface area contributed by atoms with E-state index in [4.69, 9.17) is 35.4 Å². The minimum atomic E-state index is -0.371. The Morgan fingerprint density at radius 1 is 1.00 bits per heavy atom. The van der Waals surface area contributed by atoms with Crippen LogP contribution in [0.4, 0.5) is 5.69 Å². The first-order chi connectivity index (χ1) is 12.0. The van der Waals surface area contributed by atoms with Crippen molar-refractivity contribution in [3.63, 3.8) is 0 Å². The van der Waals surface area contributed by atoms with Crippen LogP contribution in [0, 0.1) is 0 Å². The number of amides is 1. The average Bonchev–Trinajstić information content (AvgIpc) is 3.09. The first-order valence-electron chi connectivity index (χ1n) is 7.25. The highest BCUT2D eigenvalue weighted by atomic mass is 35.5. The van der Waals surface area contributed by atoms with Gasteiger partial charge in [0.1, 0.15) is 0 Å². The molecule has 3 nitrogen and oxygen atoms in total. The minimum Gasteiger partial charge on any atom is -0.332 e. The van der Waals surface area contributed by atoms with E-state index in [1.165, 1.54) is 0 Å². The molecule has 0 aliphatic rings. The van der Waals surface area contributed by atoms with E-state index < -0.39 is 0 Å². The van der Waals surface area contributed by atoms with Gasteiger partial charge in [-0.25, -0.2) is 0 Å². The SMILES string of the molecule is O=C(NC(=S)Nc1ccc(-c2cccs2)c(Cl)c1)c1ccccc1Cl. The van der Waals surface area contributed by atoms with Gasteiger partial charge in [-0.1, -0.05) is 41.4 Å². The van der Waals surface area contributed by atoms with Crippen LogP contribution in [-0.2, 0) is 0 Å². The molecule has 3 aromatic rings. The van der Waals surface area contributed by atoms with E-state index >= 15 is 0 Å². The lowest BCUT2D eigenvalue weighted by Crippen LogP contribution is -2.34. The lowest BCUT2D eigenvalue weighted by atomic mass is 10.1. The number of hydrogen-bond donors (Lipinski definition) is 2. The van der Waals surface area contributed by atoms with Crippen LogP contribution in [0.15, 0.2) is 60.0 Å². The normalized spacial score (nSPS) is 10.3. The summed E-state index contributed by atoms with van der Waals surface area (Å²) in [6.07, 6.45) is 0. The molecule has 1 amide bonds. The summed E-state index contributed by atoms with van der Waals surface area (Å²) in [5.41, 5.74) is 2.00. The molecule has 1 heterocycles. The fraction of sp³-hybridized carbons (Fsp3) is 0. The number of benzene rings is 2. The lowest BCUT2D eigenvalue weighted by molar-refractivity contribution is 0.0978. The number of anilines is 1. The molecule has 126 valence electrons. The lowest BCUT2D eigenvalue weighted by Gasteiger charge is -2.11. The van der Waals surface area contributed by atoms with Gasteiger partial charge in [-0.05, 0) is 54.0 Å². The number of thiophene rings is 1. The molecule has 3 rings (SSSR count). The molecule has 0 spiro atoms. The molecule has 0 bridgehead atoms. The Labute approximate surface area is 164 Å². The van der Waals surface area contributed by atoms with Gasteiger partial charge in [0.05, 0.1) is 15.6 Å². The van der Waals surface area contributed by atoms with Gasteiger partial charge in [0.25, 0.3) is 5.91 Å². The summed E-state index contributed by atoms with van der Waals surface area (Å²) >= 11 is 19.2. The van der Waals surface area contributed by atoms with Gasteiger partial charge in [-0.3, -0.25) is 10.1 Å². The summed E-state index contributed by atoms with van der Waals surface area (Å²) in [6.45, 7) is 0. The van der Waals surface area contributed by atoms with Gasteiger partial charge in [0.2, 0.25) is 0 Å². The van der Waals surface area contributed by atoms with Crippen molar-refractivity contribution in [1.82, 2.24) is 5.32 Å². The number of halogens is 2. The van der Waals surface area contributed by atoms with Crippen LogP contribution >= 0.6 is 46.8 Å². The van der Waals surface area contributed by atoms with Crippen LogP contribution in [0.25, 0.3) is 10.4 Å². The second-order valence-electron chi connectivity index (χ2n) is 5.06. The summed E-state index contributed by atoms with van der Waals surface area (Å²) in [4.78, 5) is 13.3. The Balaban J connectivity index is 1.68. The van der Waals surface area contributed by atoms with E-state index in [9.17, 15) is 4.79 Å². The van der Waals surface area contributed by atoms with E-state index in [-0.39, 0.29) is 11.0 Å². The second kappa shape index (κ2) is 7.97. The van der Waals surface area contributed by atoms with Crippen LogP contribution in [0.1, 0.15) is 10.4 Å². The topological polar surface area (TPSA) is 41.1 Å². The van der Waals surface area contributed by atoms with Gasteiger partial charge >= 0.3 is 0 Å². The molecule has 0 saturated carbocycles. The zero-order valence-electron chi connectivity index (χ0n) is 12.8. The van der Waals surface area contributed by atoms with E-state index in [1.54, 1.807) is 41.7 Å². The fourth-order valence-corrected chi connectivity index (χ4v) is 3.74. The van der Waals surface area contributed by atoms with Crippen molar-refractivity contribution in [3.05, 3.63) is 75.6 Å². The Bertz CT molecular complexity index is 927. The maximum absolute atomic E-state index is 12.2. The molecule has 0 atom stereocenters. The van der Waals surface area contributed by atoms with Gasteiger partial charge in [0, 0.05) is 16.1 Å². The summed E-state index contributed by atoms with van der Waals surface area (Å²) in [5.74, 6) is -0.371. The van der Waals surface area contributed by atoms with Crippen molar-refractivity contribution < 1.29 is 4.79 Å². The predicted octanol–water partition coefficient (Wildman–Crippen LogP) is 5.85. The molecule has 7 heteroatoms. The highest BCUT2D eigenvalue weighted by Crippen LogP contribution is 2.33. The number of rotatable bonds is 3. The Morgan fingerprint density at radius 3 is 2.48 bits per heavy atom. The quantitative estimate of drug-likeness (QED) is 0.536. The maximum atomic E-state index is 12.2. The zero-order chi connectivity index (χ0) is 17.8. The Hall–Kier alpha value is -1.92. The largest absolute Gasteiger partial charge is 0.332 e. The molecule has 0 radical (unpaired) electrons. The summed E-state index contributed by atoms with van der Waals surface area (Å²) in [5, 5.41) is 8.69. The van der Waals surface area contributed by atoms with E-state index in [1.807, 2.05) is 29.6 Å². The second-order valence-corrected chi connectivity index (χ2v) is 7.23. The van der Waals surface area contributed by atoms with Gasteiger partial charge < -0.3 is 5.32 Å². The van der Waals surface area contributed by atoms with Crippen LogP contribution in [0.3, 0.4) is 0 Å². The first kappa shape index (κ1) is 17.9. The van der Waals surface area contributed by atoms with Gasteiger partial charge in [-0.15, -0.1) is 11.3 Å². The summed E-state index contributed by atoms with van der Waals surface area (Å²) in [7, 11) is 0. The maximum Gasteiger partial charge on any atom is 0.258 e. The number of nitrogens with one attached hydrogen (secondary N) is 2. The number of carbonyl (C=O) groups is 1. The standard InChI is InChI=1S/C18H12Cl2N2OS2/c19-14-5-2-1-4-13(14)17(23)22-18(24)21-11-7-8-12(15(20)10-11)16-6-3-9-25-16/h1-10H,(H2,21,22,23,24). The zero-order valence-corrected chi connectivity index (χ0v) is 15.9. The minimum absolute atomic E-state index is 0.171. The molecule has 0 aliphatic heterocycles. The highest BCUT2D eigenvalue weighted by Gasteiger charge is 2.12. The first-order valence-corrected chi connectivity index (χ1v) is 9.29. The third kappa shape index (κ3) is 4.38. The van der Waals surface area contributed by atoms with E-state index in [0.717, 1.165) is 10.4 Å². The molecular formula is C18H12Cl2N2OS2. The molecule has 1 aromatic heterocycles. The highest BCUT2D eigenvalue weighted by molar-refractivity contribution is 7.80. The summed E-state index contributed by atoms with van der Waals surface area (Å²) < 4.78 is 0. The number of thiocarbonyl (C=S) groups is 1. The Morgan fingerprint density at radius 2 is 1.80 bits per heavy atom. The third-order valence-corrected chi connectivity index (χ3v) is 5.11. The third-order valence-electron chi connectivity index (χ3n) is 3.36. The van der Waals surface area contributed by atoms with Gasteiger partial charge in [0.15, 0.2) is 5.11 Å². The molecular weight excluding hydrogens is 395 g/mol. The van der Waals surface area contributed by atoms with Crippen LogP contribution in [0.5, 0.6) is 0 Å². The van der Waals surface area contributed by atoms with Crippen molar-refractivity contribution in [2.75, 3.05) is 5.32 Å². The predicted molar refractivity (Wildman–Crippen MR) is 110 cm³/mol. The molecule has 0 saturated heterocycles. The number of carbonyl (C=O) groups excluding carboxylic acids is 1. The van der Waals surface area contributed by atoms with Crippen LogP contribution in [-0.4, -0.2) is 11.0 Å². The molecule has 0 unspecified atom stereocenters. The molecule has 2 aromatic carbocycles. The van der Waals surface area contributed by atoms with Crippen molar-refractivity contribution >= 4 is 63.5 Å². The van der Waals surface area contributed by atoms with Crippen molar-refractivity contribution in [2.24, 2.45) is 0 Å². The van der Waals surface area contributed by atoms with Crippen molar-refractivity contribution in [1.29, 1.82) is 0 Å². The van der Waals surface area contributed by atoms with Crippen molar-refractivity contribution in [2.45, 2.75) is 0 Å². The number of hydrogen-bond acceptors (Lipinski definition) is 3. The van der Waals surface area contributed by atoms with E-state index in [0.29, 0.717) is 21.3 Å². The molecule has 0 fully saturated rings. The fourth-order valence-electron chi connectivity index (χ4n) is 2.20. The molecule has 25 heavy (non-hydrogen) atoms. The smallest absolute Gasteiger partial charge is 0.258 e. The van der Waals surface area contributed by atoms with Crippen molar-refractivity contribution in [3.8, 4) is 10.4 Å². The summed E-state index contributed by atoms with van der Waals surface area (Å²) in [6, 6.07) is 16.3. The average molecular weight is 407 g/mol. The van der Waals surface area contributed by atoms with E-state index in [2.05, 4.69) is 10.6 Å². The van der Waals surface area contributed by atoms with Crippen LogP contribution in [0.2, 0.25) is 10.0 Å². The monoisotopic (exact) mass is 406 g/mol. The molecule has 0 aliphatic carbocycles. The van der Waals surface area contributed by atoms with Crippen LogP contribution < -0.4 is 10.6 Å². The Kier molecular flexibility index (Phi) is 5.71. The molecule has 2 N–H and O–H groups in total.